The molecule has 0 amide bonds. The Hall–Kier alpha value is -1.59. The quantitative estimate of drug-likeness (QED) is 0.938. The lowest BCUT2D eigenvalue weighted by Gasteiger charge is -2.68. The molecule has 104 valence electrons. The minimum atomic E-state index is 0.0810. The number of halogens is 1. The van der Waals surface area contributed by atoms with Gasteiger partial charge in [0, 0.05) is 10.6 Å². The van der Waals surface area contributed by atoms with Crippen molar-refractivity contribution in [3.63, 3.8) is 0 Å². The Morgan fingerprint density at radius 1 is 1.20 bits per heavy atom. The van der Waals surface area contributed by atoms with Gasteiger partial charge in [-0.25, -0.2) is 0 Å². The lowest BCUT2D eigenvalue weighted by molar-refractivity contribution is -0.0995. The molecule has 1 aromatic heterocycles. The predicted molar refractivity (Wildman–Crippen MR) is 73.1 cm³/mol. The highest BCUT2D eigenvalue weighted by molar-refractivity contribution is 6.30. The highest BCUT2D eigenvalue weighted by Crippen LogP contribution is 2.67. The van der Waals surface area contributed by atoms with Gasteiger partial charge in [-0.15, -0.1) is 5.10 Å². The number of nitrogens with zero attached hydrogens (tertiary/aromatic N) is 2. The molecule has 6 heteroatoms. The third-order valence-electron chi connectivity index (χ3n) is 4.44. The maximum Gasteiger partial charge on any atom is 0.420 e. The van der Waals surface area contributed by atoms with Crippen LogP contribution in [0.2, 0.25) is 5.02 Å². The summed E-state index contributed by atoms with van der Waals surface area (Å²) in [6, 6.07) is 7.05. The van der Waals surface area contributed by atoms with E-state index in [-0.39, 0.29) is 11.5 Å². The van der Waals surface area contributed by atoms with E-state index >= 15 is 0 Å². The van der Waals surface area contributed by atoms with Crippen molar-refractivity contribution in [2.24, 2.45) is 0 Å². The Balaban J connectivity index is 1.48. The van der Waals surface area contributed by atoms with E-state index in [4.69, 9.17) is 20.8 Å². The molecule has 3 aliphatic rings. The minimum absolute atomic E-state index is 0.0810. The molecule has 5 rings (SSSR count). The highest BCUT2D eigenvalue weighted by Gasteiger charge is 2.70. The van der Waals surface area contributed by atoms with Gasteiger partial charge in [-0.05, 0) is 50.6 Å². The molecular weight excluding hydrogens is 278 g/mol. The van der Waals surface area contributed by atoms with Crippen LogP contribution in [-0.4, -0.2) is 22.8 Å². The molecule has 1 aromatic carbocycles. The van der Waals surface area contributed by atoms with Crippen molar-refractivity contribution >= 4 is 11.6 Å². The molecule has 3 aliphatic carbocycles. The molecule has 5 nitrogen and oxygen atoms in total. The van der Waals surface area contributed by atoms with Crippen LogP contribution >= 0.6 is 11.6 Å². The van der Waals surface area contributed by atoms with E-state index in [1.54, 1.807) is 24.3 Å². The molecule has 3 fully saturated rings. The monoisotopic (exact) mass is 291 g/mol. The minimum Gasteiger partial charge on any atom is -0.410 e. The third-order valence-corrected chi connectivity index (χ3v) is 4.69. The van der Waals surface area contributed by atoms with Crippen LogP contribution in [0.15, 0.2) is 28.7 Å². The lowest BCUT2D eigenvalue weighted by Crippen LogP contribution is -2.75. The molecular formula is C14H14ClN3O2. The van der Waals surface area contributed by atoms with Gasteiger partial charge in [0.15, 0.2) is 0 Å². The SMILES string of the molecule is CNC12CC(c3nnc(Oc4ccc(Cl)cc4)o3)(C1)C2. The molecule has 0 radical (unpaired) electrons. The second-order valence-corrected chi connectivity index (χ2v) is 6.21. The van der Waals surface area contributed by atoms with Gasteiger partial charge in [-0.1, -0.05) is 16.7 Å². The van der Waals surface area contributed by atoms with Crippen LogP contribution < -0.4 is 10.1 Å². The molecule has 0 atom stereocenters. The maximum atomic E-state index is 5.82. The summed E-state index contributed by atoms with van der Waals surface area (Å²) >= 11 is 5.82. The standard InChI is InChI=1S/C14H14ClN3O2/c1-16-14-6-13(7-14,8-14)11-17-18-12(20-11)19-10-4-2-9(15)3-5-10/h2-5,16H,6-8H2,1H3. The van der Waals surface area contributed by atoms with Gasteiger partial charge in [0.1, 0.15) is 5.75 Å². The van der Waals surface area contributed by atoms with Crippen LogP contribution in [0.3, 0.4) is 0 Å². The van der Waals surface area contributed by atoms with Crippen molar-refractivity contribution in [3.05, 3.63) is 35.2 Å². The average molecular weight is 292 g/mol. The maximum absolute atomic E-state index is 5.82. The fourth-order valence-corrected chi connectivity index (χ4v) is 3.47. The van der Waals surface area contributed by atoms with Crippen molar-refractivity contribution in [2.45, 2.75) is 30.2 Å². The first-order valence-electron chi connectivity index (χ1n) is 6.60. The average Bonchev–Trinajstić information content (AvgIpc) is 2.78. The summed E-state index contributed by atoms with van der Waals surface area (Å²) in [6.07, 6.45) is 3.39. The number of hydrogen-bond acceptors (Lipinski definition) is 5. The van der Waals surface area contributed by atoms with Crippen molar-refractivity contribution in [2.75, 3.05) is 7.05 Å². The van der Waals surface area contributed by atoms with Crippen molar-refractivity contribution in [1.29, 1.82) is 0 Å². The summed E-state index contributed by atoms with van der Waals surface area (Å²) in [5.41, 5.74) is 0.392. The Kier molecular flexibility index (Phi) is 2.41. The summed E-state index contributed by atoms with van der Waals surface area (Å²) in [6.45, 7) is 0. The molecule has 20 heavy (non-hydrogen) atoms. The summed E-state index contributed by atoms with van der Waals surface area (Å²) < 4.78 is 11.2. The van der Waals surface area contributed by atoms with Gasteiger partial charge in [-0.2, -0.15) is 0 Å². The molecule has 2 bridgehead atoms. The number of nitrogens with one attached hydrogen (secondary N) is 1. The Bertz CT molecular complexity index is 633. The highest BCUT2D eigenvalue weighted by atomic mass is 35.5. The Morgan fingerprint density at radius 2 is 1.90 bits per heavy atom. The number of benzene rings is 1. The predicted octanol–water partition coefficient (Wildman–Crippen LogP) is 2.91. The summed E-state index contributed by atoms with van der Waals surface area (Å²) in [4.78, 5) is 0. The van der Waals surface area contributed by atoms with Gasteiger partial charge >= 0.3 is 6.08 Å². The second kappa shape index (κ2) is 3.96. The van der Waals surface area contributed by atoms with E-state index in [9.17, 15) is 0 Å². The Morgan fingerprint density at radius 3 is 2.55 bits per heavy atom. The fourth-order valence-electron chi connectivity index (χ4n) is 3.35. The smallest absolute Gasteiger partial charge is 0.410 e. The molecule has 3 saturated carbocycles. The van der Waals surface area contributed by atoms with Gasteiger partial charge < -0.3 is 14.5 Å². The van der Waals surface area contributed by atoms with Crippen LogP contribution in [0, 0.1) is 0 Å². The lowest BCUT2D eigenvalue weighted by atomic mass is 9.39. The molecule has 0 aliphatic heterocycles. The molecule has 1 heterocycles. The van der Waals surface area contributed by atoms with Gasteiger partial charge in [0.05, 0.1) is 5.41 Å². The number of rotatable bonds is 4. The molecule has 0 saturated heterocycles. The number of aromatic nitrogens is 2. The summed E-state index contributed by atoms with van der Waals surface area (Å²) in [5, 5.41) is 12.1. The number of hydrogen-bond donors (Lipinski definition) is 1. The molecule has 1 N–H and O–H groups in total. The van der Waals surface area contributed by atoms with Crippen LogP contribution in [0.5, 0.6) is 11.8 Å². The van der Waals surface area contributed by atoms with E-state index in [0.717, 1.165) is 19.3 Å². The molecule has 0 unspecified atom stereocenters. The zero-order valence-corrected chi connectivity index (χ0v) is 11.8. The zero-order chi connectivity index (χ0) is 13.8. The van der Waals surface area contributed by atoms with Crippen molar-refractivity contribution in [1.82, 2.24) is 15.5 Å². The molecule has 2 aromatic rings. The van der Waals surface area contributed by atoms with E-state index in [2.05, 4.69) is 15.5 Å². The summed E-state index contributed by atoms with van der Waals surface area (Å²) in [7, 11) is 2.01. The molecule has 0 spiro atoms. The Labute approximate surface area is 121 Å². The van der Waals surface area contributed by atoms with Crippen LogP contribution in [0.4, 0.5) is 0 Å². The van der Waals surface area contributed by atoms with Crippen molar-refractivity contribution in [3.8, 4) is 11.8 Å². The fraction of sp³-hybridized carbons (Fsp3) is 0.429. The summed E-state index contributed by atoms with van der Waals surface area (Å²) in [5.74, 6) is 1.33. The number of ether oxygens (including phenoxy) is 1. The normalized spacial score (nSPS) is 30.5. The second-order valence-electron chi connectivity index (χ2n) is 5.77. The first kappa shape index (κ1) is 12.2. The topological polar surface area (TPSA) is 60.2 Å². The van der Waals surface area contributed by atoms with Gasteiger partial charge in [0.2, 0.25) is 5.89 Å². The third kappa shape index (κ3) is 1.66. The van der Waals surface area contributed by atoms with Crippen molar-refractivity contribution < 1.29 is 9.15 Å². The van der Waals surface area contributed by atoms with E-state index in [0.29, 0.717) is 22.2 Å². The zero-order valence-electron chi connectivity index (χ0n) is 11.0. The van der Waals surface area contributed by atoms with Crippen LogP contribution in [0.25, 0.3) is 0 Å². The van der Waals surface area contributed by atoms with Gasteiger partial charge in [0.25, 0.3) is 0 Å². The van der Waals surface area contributed by atoms with E-state index in [1.165, 1.54) is 0 Å². The largest absolute Gasteiger partial charge is 0.420 e. The van der Waals surface area contributed by atoms with Crippen LogP contribution in [0.1, 0.15) is 25.2 Å². The first-order chi connectivity index (χ1) is 9.63. The van der Waals surface area contributed by atoms with Gasteiger partial charge in [-0.3, -0.25) is 0 Å². The van der Waals surface area contributed by atoms with Crippen LogP contribution in [-0.2, 0) is 5.41 Å². The first-order valence-corrected chi connectivity index (χ1v) is 6.97. The van der Waals surface area contributed by atoms with E-state index in [1.807, 2.05) is 7.05 Å². The van der Waals surface area contributed by atoms with E-state index < -0.39 is 0 Å².